The van der Waals surface area contributed by atoms with E-state index in [4.69, 9.17) is 4.74 Å². The van der Waals surface area contributed by atoms with Crippen LogP contribution in [0.5, 0.6) is 0 Å². The van der Waals surface area contributed by atoms with Gasteiger partial charge < -0.3 is 10.1 Å². The maximum atomic E-state index is 5.82. The Morgan fingerprint density at radius 3 is 2.35 bits per heavy atom. The first-order chi connectivity index (χ1) is 8.13. The van der Waals surface area contributed by atoms with Gasteiger partial charge in [-0.1, -0.05) is 43.7 Å². The molecular formula is C15H25NO. The van der Waals surface area contributed by atoms with Crippen molar-refractivity contribution < 1.29 is 4.74 Å². The molecular weight excluding hydrogens is 210 g/mol. The van der Waals surface area contributed by atoms with Gasteiger partial charge in [-0.05, 0) is 32.4 Å². The van der Waals surface area contributed by atoms with Gasteiger partial charge in [-0.15, -0.1) is 0 Å². The summed E-state index contributed by atoms with van der Waals surface area (Å²) in [6.45, 7) is 6.50. The van der Waals surface area contributed by atoms with Crippen LogP contribution in [0.1, 0.15) is 43.9 Å². The number of hydrogen-bond acceptors (Lipinski definition) is 2. The number of hydrogen-bond donors (Lipinski definition) is 1. The van der Waals surface area contributed by atoms with E-state index in [0.717, 1.165) is 12.8 Å². The lowest BCUT2D eigenvalue weighted by Crippen LogP contribution is -2.43. The molecule has 0 aliphatic heterocycles. The maximum absolute atomic E-state index is 5.82. The molecule has 0 radical (unpaired) electrons. The van der Waals surface area contributed by atoms with E-state index in [1.165, 1.54) is 11.1 Å². The second-order valence-electron chi connectivity index (χ2n) is 4.61. The first kappa shape index (κ1) is 14.2. The zero-order chi connectivity index (χ0) is 12.9. The van der Waals surface area contributed by atoms with Crippen LogP contribution in [-0.4, -0.2) is 19.8 Å². The summed E-state index contributed by atoms with van der Waals surface area (Å²) in [4.78, 5) is 0. The van der Waals surface area contributed by atoms with Gasteiger partial charge in [0.05, 0.1) is 11.6 Å². The zero-order valence-electron chi connectivity index (χ0n) is 11.7. The fourth-order valence-electron chi connectivity index (χ4n) is 2.65. The van der Waals surface area contributed by atoms with Crippen molar-refractivity contribution in [3.05, 3.63) is 35.4 Å². The molecule has 1 N–H and O–H groups in total. The highest BCUT2D eigenvalue weighted by molar-refractivity contribution is 5.27. The molecule has 1 aromatic rings. The molecule has 0 amide bonds. The lowest BCUT2D eigenvalue weighted by molar-refractivity contribution is -0.0467. The standard InChI is InChI=1S/C15H25NO/c1-6-15(7-2,17-5)14(16-4)13-10-8-9-12(3)11-13/h8-11,14,16H,6-7H2,1-5H3. The molecule has 1 rings (SSSR count). The monoisotopic (exact) mass is 235 g/mol. The molecule has 2 nitrogen and oxygen atoms in total. The molecule has 0 aliphatic rings. The summed E-state index contributed by atoms with van der Waals surface area (Å²) in [7, 11) is 3.82. The van der Waals surface area contributed by atoms with Gasteiger partial charge in [0.25, 0.3) is 0 Å². The zero-order valence-corrected chi connectivity index (χ0v) is 11.7. The molecule has 2 heteroatoms. The van der Waals surface area contributed by atoms with Gasteiger partial charge in [0.15, 0.2) is 0 Å². The summed E-state index contributed by atoms with van der Waals surface area (Å²) < 4.78 is 5.82. The molecule has 0 aliphatic carbocycles. The predicted octanol–water partition coefficient (Wildman–Crippen LogP) is 3.46. The SMILES string of the molecule is CCC(CC)(OC)C(NC)c1cccc(C)c1. The predicted molar refractivity (Wildman–Crippen MR) is 73.3 cm³/mol. The van der Waals surface area contributed by atoms with E-state index in [-0.39, 0.29) is 11.6 Å². The molecule has 0 heterocycles. The summed E-state index contributed by atoms with van der Waals surface area (Å²) in [6.07, 6.45) is 2.00. The molecule has 0 saturated carbocycles. The lowest BCUT2D eigenvalue weighted by atomic mass is 9.83. The first-order valence-electron chi connectivity index (χ1n) is 6.42. The van der Waals surface area contributed by atoms with Crippen LogP contribution in [0.2, 0.25) is 0 Å². The number of rotatable bonds is 6. The van der Waals surface area contributed by atoms with Crippen LogP contribution in [0.15, 0.2) is 24.3 Å². The average molecular weight is 235 g/mol. The van der Waals surface area contributed by atoms with Gasteiger partial charge in [-0.3, -0.25) is 0 Å². The van der Waals surface area contributed by atoms with E-state index in [2.05, 4.69) is 50.4 Å². The quantitative estimate of drug-likeness (QED) is 0.815. The van der Waals surface area contributed by atoms with E-state index in [0.29, 0.717) is 0 Å². The summed E-state index contributed by atoms with van der Waals surface area (Å²) in [6, 6.07) is 8.89. The number of nitrogens with one attached hydrogen (secondary N) is 1. The molecule has 1 atom stereocenters. The average Bonchev–Trinajstić information content (AvgIpc) is 2.36. The van der Waals surface area contributed by atoms with Crippen molar-refractivity contribution in [1.82, 2.24) is 5.32 Å². The molecule has 0 bridgehead atoms. The van der Waals surface area contributed by atoms with Gasteiger partial charge in [0, 0.05) is 7.11 Å². The lowest BCUT2D eigenvalue weighted by Gasteiger charge is -2.38. The minimum atomic E-state index is -0.122. The van der Waals surface area contributed by atoms with Gasteiger partial charge in [-0.25, -0.2) is 0 Å². The minimum absolute atomic E-state index is 0.122. The third-order valence-corrected chi connectivity index (χ3v) is 3.79. The number of methoxy groups -OCH3 is 1. The van der Waals surface area contributed by atoms with Gasteiger partial charge in [-0.2, -0.15) is 0 Å². The first-order valence-corrected chi connectivity index (χ1v) is 6.42. The number of ether oxygens (including phenoxy) is 1. The van der Waals surface area contributed by atoms with E-state index >= 15 is 0 Å². The third-order valence-electron chi connectivity index (χ3n) is 3.79. The second kappa shape index (κ2) is 6.18. The Morgan fingerprint density at radius 2 is 1.94 bits per heavy atom. The second-order valence-corrected chi connectivity index (χ2v) is 4.61. The highest BCUT2D eigenvalue weighted by Gasteiger charge is 2.35. The van der Waals surface area contributed by atoms with Gasteiger partial charge in [0.2, 0.25) is 0 Å². The van der Waals surface area contributed by atoms with Crippen LogP contribution in [0.4, 0.5) is 0 Å². The summed E-state index contributed by atoms with van der Waals surface area (Å²) in [5.74, 6) is 0. The smallest absolute Gasteiger partial charge is 0.0867 e. The van der Waals surface area contributed by atoms with Crippen molar-refractivity contribution in [3.8, 4) is 0 Å². The Labute approximate surface area is 105 Å². The Kier molecular flexibility index (Phi) is 5.16. The van der Waals surface area contributed by atoms with Crippen LogP contribution in [0.3, 0.4) is 0 Å². The molecule has 96 valence electrons. The van der Waals surface area contributed by atoms with Crippen molar-refractivity contribution >= 4 is 0 Å². The molecule has 1 unspecified atom stereocenters. The fourth-order valence-corrected chi connectivity index (χ4v) is 2.65. The Bertz CT molecular complexity index is 336. The molecule has 0 spiro atoms. The topological polar surface area (TPSA) is 21.3 Å². The largest absolute Gasteiger partial charge is 0.376 e. The number of aryl methyl sites for hydroxylation is 1. The number of benzene rings is 1. The van der Waals surface area contributed by atoms with Crippen LogP contribution >= 0.6 is 0 Å². The Morgan fingerprint density at radius 1 is 1.29 bits per heavy atom. The van der Waals surface area contributed by atoms with Crippen LogP contribution in [0.25, 0.3) is 0 Å². The van der Waals surface area contributed by atoms with E-state index in [1.807, 2.05) is 14.2 Å². The van der Waals surface area contributed by atoms with E-state index < -0.39 is 0 Å². The molecule has 0 aromatic heterocycles. The highest BCUT2D eigenvalue weighted by atomic mass is 16.5. The van der Waals surface area contributed by atoms with E-state index in [9.17, 15) is 0 Å². The Balaban J connectivity index is 3.13. The molecule has 0 fully saturated rings. The summed E-state index contributed by atoms with van der Waals surface area (Å²) >= 11 is 0. The highest BCUT2D eigenvalue weighted by Crippen LogP contribution is 2.34. The van der Waals surface area contributed by atoms with E-state index in [1.54, 1.807) is 0 Å². The molecule has 17 heavy (non-hydrogen) atoms. The normalized spacial score (nSPS) is 13.7. The van der Waals surface area contributed by atoms with Crippen LogP contribution in [0, 0.1) is 6.92 Å². The third kappa shape index (κ3) is 2.88. The van der Waals surface area contributed by atoms with Crippen LogP contribution < -0.4 is 5.32 Å². The maximum Gasteiger partial charge on any atom is 0.0867 e. The van der Waals surface area contributed by atoms with Crippen molar-refractivity contribution in [2.24, 2.45) is 0 Å². The fraction of sp³-hybridized carbons (Fsp3) is 0.600. The van der Waals surface area contributed by atoms with Crippen molar-refractivity contribution in [3.63, 3.8) is 0 Å². The van der Waals surface area contributed by atoms with Crippen molar-refractivity contribution in [2.45, 2.75) is 45.3 Å². The number of likely N-dealkylation sites (N-methyl/N-ethyl adjacent to an activating group) is 1. The summed E-state index contributed by atoms with van der Waals surface area (Å²) in [5, 5.41) is 3.41. The Hall–Kier alpha value is -0.860. The molecule has 1 aromatic carbocycles. The van der Waals surface area contributed by atoms with Gasteiger partial charge >= 0.3 is 0 Å². The van der Waals surface area contributed by atoms with Crippen molar-refractivity contribution in [1.29, 1.82) is 0 Å². The van der Waals surface area contributed by atoms with Crippen molar-refractivity contribution in [2.75, 3.05) is 14.2 Å². The molecule has 0 saturated heterocycles. The van der Waals surface area contributed by atoms with Gasteiger partial charge in [0.1, 0.15) is 0 Å². The summed E-state index contributed by atoms with van der Waals surface area (Å²) in [5.41, 5.74) is 2.47. The minimum Gasteiger partial charge on any atom is -0.376 e. The van der Waals surface area contributed by atoms with Crippen LogP contribution in [-0.2, 0) is 4.74 Å².